The summed E-state index contributed by atoms with van der Waals surface area (Å²) >= 11 is 3.29. The highest BCUT2D eigenvalue weighted by atomic mass is 79.9. The molecule has 0 aliphatic rings. The topological polar surface area (TPSA) is 58.6 Å². The first-order valence-corrected chi connectivity index (χ1v) is 8.57. The molecule has 0 amide bonds. The summed E-state index contributed by atoms with van der Waals surface area (Å²) in [5.41, 5.74) is 1.01. The highest BCUT2D eigenvalue weighted by Gasteiger charge is 2.17. The van der Waals surface area contributed by atoms with Gasteiger partial charge < -0.3 is 9.64 Å². The van der Waals surface area contributed by atoms with Gasteiger partial charge in [0.1, 0.15) is 0 Å². The summed E-state index contributed by atoms with van der Waals surface area (Å²) in [6.07, 6.45) is 0. The van der Waals surface area contributed by atoms with E-state index in [-0.39, 0.29) is 4.90 Å². The molecule has 20 heavy (non-hydrogen) atoms. The maximum absolute atomic E-state index is 12.2. The Bertz CT molecular complexity index is 534. The summed E-state index contributed by atoms with van der Waals surface area (Å²) in [5, 5.41) is 0. The predicted octanol–water partition coefficient (Wildman–Crippen LogP) is 1.61. The third kappa shape index (κ3) is 5.49. The van der Waals surface area contributed by atoms with Gasteiger partial charge in [-0.3, -0.25) is 0 Å². The van der Waals surface area contributed by atoms with E-state index in [9.17, 15) is 8.42 Å². The van der Waals surface area contributed by atoms with Crippen molar-refractivity contribution < 1.29 is 13.2 Å². The second-order valence-electron chi connectivity index (χ2n) is 4.63. The monoisotopic (exact) mass is 364 g/mol. The van der Waals surface area contributed by atoms with Crippen LogP contribution in [-0.2, 0) is 14.8 Å². The molecule has 0 aliphatic carbocycles. The molecule has 0 bridgehead atoms. The summed E-state index contributed by atoms with van der Waals surface area (Å²) in [7, 11) is 0.0913. The smallest absolute Gasteiger partial charge is 0.241 e. The summed E-state index contributed by atoms with van der Waals surface area (Å²) < 4.78 is 32.5. The second kappa shape index (κ2) is 8.09. The van der Waals surface area contributed by atoms with E-state index in [4.69, 9.17) is 4.74 Å². The van der Waals surface area contributed by atoms with Crippen molar-refractivity contribution in [1.29, 1.82) is 0 Å². The number of nitrogens with one attached hydrogen (secondary N) is 1. The van der Waals surface area contributed by atoms with Gasteiger partial charge in [0.05, 0.1) is 11.5 Å². The van der Waals surface area contributed by atoms with Gasteiger partial charge in [0, 0.05) is 31.2 Å². The molecule has 5 nitrogen and oxygen atoms in total. The summed E-state index contributed by atoms with van der Waals surface area (Å²) in [5.74, 6) is 0. The average Bonchev–Trinajstić information content (AvgIpc) is 2.35. The molecule has 1 N–H and O–H groups in total. The van der Waals surface area contributed by atoms with Crippen LogP contribution in [0.3, 0.4) is 0 Å². The number of sulfonamides is 1. The largest absolute Gasteiger partial charge is 0.383 e. The molecule has 1 rings (SSSR count). The van der Waals surface area contributed by atoms with Crippen molar-refractivity contribution >= 4 is 26.0 Å². The van der Waals surface area contributed by atoms with Crippen LogP contribution in [0.4, 0.5) is 0 Å². The van der Waals surface area contributed by atoms with E-state index in [1.807, 2.05) is 18.9 Å². The third-order valence-corrected chi connectivity index (χ3v) is 5.28. The number of rotatable bonds is 8. The molecule has 0 heterocycles. The molecular weight excluding hydrogens is 344 g/mol. The molecule has 0 unspecified atom stereocenters. The first-order chi connectivity index (χ1) is 9.36. The molecular formula is C13H21BrN2O3S. The van der Waals surface area contributed by atoms with Crippen molar-refractivity contribution in [2.24, 2.45) is 0 Å². The Morgan fingerprint density at radius 3 is 2.65 bits per heavy atom. The lowest BCUT2D eigenvalue weighted by Crippen LogP contribution is -2.34. The van der Waals surface area contributed by atoms with E-state index in [2.05, 4.69) is 20.7 Å². The van der Waals surface area contributed by atoms with E-state index >= 15 is 0 Å². The van der Waals surface area contributed by atoms with Gasteiger partial charge >= 0.3 is 0 Å². The van der Waals surface area contributed by atoms with Gasteiger partial charge in [-0.2, -0.15) is 0 Å². The Labute approximate surface area is 129 Å². The van der Waals surface area contributed by atoms with Crippen molar-refractivity contribution in [2.45, 2.75) is 11.8 Å². The van der Waals surface area contributed by atoms with E-state index < -0.39 is 10.0 Å². The predicted molar refractivity (Wildman–Crippen MR) is 83.4 cm³/mol. The minimum absolute atomic E-state index is 0.266. The molecule has 0 spiro atoms. The molecule has 0 saturated heterocycles. The van der Waals surface area contributed by atoms with E-state index in [1.54, 1.807) is 25.3 Å². The lowest BCUT2D eigenvalue weighted by molar-refractivity contribution is 0.162. The molecule has 0 atom stereocenters. The zero-order chi connectivity index (χ0) is 15.2. The van der Waals surface area contributed by atoms with Crippen LogP contribution in [0.1, 0.15) is 5.56 Å². The first-order valence-electron chi connectivity index (χ1n) is 6.30. The fraction of sp³-hybridized carbons (Fsp3) is 0.538. The van der Waals surface area contributed by atoms with Crippen LogP contribution in [0.15, 0.2) is 27.6 Å². The van der Waals surface area contributed by atoms with Crippen LogP contribution in [-0.4, -0.2) is 53.7 Å². The number of methoxy groups -OCH3 is 1. The molecule has 1 aromatic carbocycles. The van der Waals surface area contributed by atoms with Crippen molar-refractivity contribution in [3.63, 3.8) is 0 Å². The number of hydrogen-bond donors (Lipinski definition) is 1. The standard InChI is InChI=1S/C13H21BrN2O3S/c1-11-4-5-13(12(14)10-11)20(17,18)15-6-7-16(2)8-9-19-3/h4-5,10,15H,6-9H2,1-3H3. The molecule has 0 aliphatic heterocycles. The molecule has 0 fully saturated rings. The van der Waals surface area contributed by atoms with Crippen LogP contribution in [0.25, 0.3) is 0 Å². The quantitative estimate of drug-likeness (QED) is 0.761. The summed E-state index contributed by atoms with van der Waals surface area (Å²) in [4.78, 5) is 2.28. The summed E-state index contributed by atoms with van der Waals surface area (Å²) in [6.45, 7) is 4.31. The summed E-state index contributed by atoms with van der Waals surface area (Å²) in [6, 6.07) is 5.18. The number of halogens is 1. The molecule has 0 radical (unpaired) electrons. The number of benzene rings is 1. The fourth-order valence-corrected chi connectivity index (χ4v) is 3.84. The van der Waals surface area contributed by atoms with Crippen molar-refractivity contribution in [2.75, 3.05) is 40.4 Å². The lowest BCUT2D eigenvalue weighted by Gasteiger charge is -2.16. The normalized spacial score (nSPS) is 12.1. The maximum Gasteiger partial charge on any atom is 0.241 e. The second-order valence-corrected chi connectivity index (χ2v) is 7.22. The van der Waals surface area contributed by atoms with E-state index in [0.29, 0.717) is 24.2 Å². The Hall–Kier alpha value is -0.470. The molecule has 1 aromatic rings. The van der Waals surface area contributed by atoms with E-state index in [1.165, 1.54) is 0 Å². The van der Waals surface area contributed by atoms with Crippen molar-refractivity contribution in [3.8, 4) is 0 Å². The van der Waals surface area contributed by atoms with Crippen LogP contribution in [0, 0.1) is 6.92 Å². The van der Waals surface area contributed by atoms with Gasteiger partial charge in [0.25, 0.3) is 0 Å². The molecule has 0 aromatic heterocycles. The molecule has 114 valence electrons. The van der Waals surface area contributed by atoms with Gasteiger partial charge in [-0.1, -0.05) is 6.07 Å². The van der Waals surface area contributed by atoms with Crippen LogP contribution >= 0.6 is 15.9 Å². The number of hydrogen-bond acceptors (Lipinski definition) is 4. The number of nitrogens with zero attached hydrogens (tertiary/aromatic N) is 1. The van der Waals surface area contributed by atoms with Crippen LogP contribution in [0.2, 0.25) is 0 Å². The zero-order valence-corrected chi connectivity index (χ0v) is 14.4. The lowest BCUT2D eigenvalue weighted by atomic mass is 10.2. The van der Waals surface area contributed by atoms with E-state index in [0.717, 1.165) is 12.1 Å². The van der Waals surface area contributed by atoms with Crippen molar-refractivity contribution in [3.05, 3.63) is 28.2 Å². The first kappa shape index (κ1) is 17.6. The van der Waals surface area contributed by atoms with Crippen molar-refractivity contribution in [1.82, 2.24) is 9.62 Å². The van der Waals surface area contributed by atoms with Gasteiger partial charge in [0.2, 0.25) is 10.0 Å². The number of ether oxygens (including phenoxy) is 1. The third-order valence-electron chi connectivity index (χ3n) is 2.84. The van der Waals surface area contributed by atoms with Gasteiger partial charge in [-0.25, -0.2) is 13.1 Å². The van der Waals surface area contributed by atoms with Gasteiger partial charge in [-0.15, -0.1) is 0 Å². The zero-order valence-electron chi connectivity index (χ0n) is 12.0. The highest BCUT2D eigenvalue weighted by molar-refractivity contribution is 9.10. The molecule has 7 heteroatoms. The van der Waals surface area contributed by atoms with Crippen LogP contribution < -0.4 is 4.72 Å². The van der Waals surface area contributed by atoms with Gasteiger partial charge in [0.15, 0.2) is 0 Å². The maximum atomic E-state index is 12.2. The Morgan fingerprint density at radius 2 is 2.05 bits per heavy atom. The molecule has 0 saturated carbocycles. The Kier molecular flexibility index (Phi) is 7.11. The Balaban J connectivity index is 2.58. The van der Waals surface area contributed by atoms with Crippen LogP contribution in [0.5, 0.6) is 0 Å². The minimum atomic E-state index is -3.48. The minimum Gasteiger partial charge on any atom is -0.383 e. The average molecular weight is 365 g/mol. The number of aryl methyl sites for hydroxylation is 1. The number of likely N-dealkylation sites (N-methyl/N-ethyl adjacent to an activating group) is 1. The fourth-order valence-electron chi connectivity index (χ4n) is 1.63. The van der Waals surface area contributed by atoms with Gasteiger partial charge in [-0.05, 0) is 47.6 Å². The highest BCUT2D eigenvalue weighted by Crippen LogP contribution is 2.22. The SMILES string of the molecule is COCCN(C)CCNS(=O)(=O)c1ccc(C)cc1Br. The Morgan fingerprint density at radius 1 is 1.35 bits per heavy atom.